The lowest BCUT2D eigenvalue weighted by atomic mass is 9.44. The molecule has 214 valence electrons. The highest BCUT2D eigenvalue weighted by Crippen LogP contribution is 2.64. The Morgan fingerprint density at radius 2 is 1.69 bits per heavy atom. The molecule has 1 aromatic rings. The van der Waals surface area contributed by atoms with Crippen molar-refractivity contribution >= 4 is 11.9 Å². The maximum atomic E-state index is 13.6. The number of hydrogen-bond acceptors (Lipinski definition) is 10. The standard InChI is InChI=1S/C29H38O10/c1-14-17(31)12-29(36)24(38-25(35)16-9-7-6-8-10-16)22-27(5,23(34)21(33)20(14)26(29,3)4)18(32)11-19-28(22,13-37-19)39-15(2)30/h6-10,17-19,21-24,31-34,36H,11-13H2,1-5H3/t17-,18+,19+,21-,22-,23-,24-,27+,28-,29+/m0/s1. The summed E-state index contributed by atoms with van der Waals surface area (Å²) in [7, 11) is 0. The molecular weight excluding hydrogens is 508 g/mol. The average Bonchev–Trinajstić information content (AvgIpc) is 2.87. The maximum absolute atomic E-state index is 13.6. The molecule has 1 aliphatic heterocycles. The minimum atomic E-state index is -2.02. The fraction of sp³-hybridized carbons (Fsp3) is 0.655. The van der Waals surface area contributed by atoms with Gasteiger partial charge < -0.3 is 39.7 Å². The van der Waals surface area contributed by atoms with Gasteiger partial charge in [0.25, 0.3) is 0 Å². The largest absolute Gasteiger partial charge is 0.455 e. The molecule has 2 saturated carbocycles. The van der Waals surface area contributed by atoms with Crippen molar-refractivity contribution in [3.8, 4) is 0 Å². The van der Waals surface area contributed by atoms with Gasteiger partial charge >= 0.3 is 11.9 Å². The van der Waals surface area contributed by atoms with E-state index in [-0.39, 0.29) is 30.6 Å². The van der Waals surface area contributed by atoms with Crippen molar-refractivity contribution in [3.05, 3.63) is 47.0 Å². The van der Waals surface area contributed by atoms with E-state index in [0.717, 1.165) is 0 Å². The van der Waals surface area contributed by atoms with Crippen molar-refractivity contribution in [2.75, 3.05) is 6.61 Å². The fourth-order valence-electron chi connectivity index (χ4n) is 7.88. The zero-order chi connectivity index (χ0) is 28.7. The second kappa shape index (κ2) is 9.09. The van der Waals surface area contributed by atoms with Crippen LogP contribution in [0.2, 0.25) is 0 Å². The molecule has 1 heterocycles. The van der Waals surface area contributed by atoms with Gasteiger partial charge in [-0.05, 0) is 30.2 Å². The van der Waals surface area contributed by atoms with Crippen LogP contribution in [0.25, 0.3) is 0 Å². The number of rotatable bonds is 3. The first-order valence-corrected chi connectivity index (χ1v) is 13.4. The van der Waals surface area contributed by atoms with E-state index in [2.05, 4.69) is 0 Å². The summed E-state index contributed by atoms with van der Waals surface area (Å²) in [6, 6.07) is 8.16. The topological polar surface area (TPSA) is 163 Å². The number of hydrogen-bond donors (Lipinski definition) is 5. The highest BCUT2D eigenvalue weighted by atomic mass is 16.6. The van der Waals surface area contributed by atoms with Crippen LogP contribution in [0.5, 0.6) is 0 Å². The quantitative estimate of drug-likeness (QED) is 0.272. The molecule has 1 saturated heterocycles. The van der Waals surface area contributed by atoms with Gasteiger partial charge in [-0.2, -0.15) is 0 Å². The lowest BCUT2D eigenvalue weighted by molar-refractivity contribution is -0.365. The van der Waals surface area contributed by atoms with Crippen LogP contribution in [0.3, 0.4) is 0 Å². The highest BCUT2D eigenvalue weighted by molar-refractivity contribution is 5.89. The van der Waals surface area contributed by atoms with E-state index < -0.39 is 76.5 Å². The van der Waals surface area contributed by atoms with Crippen molar-refractivity contribution in [2.45, 2.75) is 95.3 Å². The molecule has 10 atom stereocenters. The van der Waals surface area contributed by atoms with Gasteiger partial charge in [-0.1, -0.05) is 39.0 Å². The number of benzene rings is 1. The molecule has 5 N–H and O–H groups in total. The monoisotopic (exact) mass is 546 g/mol. The molecular formula is C29H38O10. The van der Waals surface area contributed by atoms with Crippen molar-refractivity contribution in [2.24, 2.45) is 16.7 Å². The molecule has 39 heavy (non-hydrogen) atoms. The Balaban J connectivity index is 1.80. The second-order valence-corrected chi connectivity index (χ2v) is 12.4. The number of esters is 2. The molecule has 10 heteroatoms. The Morgan fingerprint density at radius 1 is 1.05 bits per heavy atom. The Morgan fingerprint density at radius 3 is 2.26 bits per heavy atom. The normalized spacial score (nSPS) is 44.6. The van der Waals surface area contributed by atoms with Crippen LogP contribution in [0, 0.1) is 16.7 Å². The third-order valence-electron chi connectivity index (χ3n) is 10.2. The summed E-state index contributed by atoms with van der Waals surface area (Å²) < 4.78 is 17.8. The molecule has 0 unspecified atom stereocenters. The Bertz CT molecular complexity index is 1200. The van der Waals surface area contributed by atoms with E-state index in [9.17, 15) is 35.1 Å². The van der Waals surface area contributed by atoms with Gasteiger partial charge in [0.15, 0.2) is 5.60 Å². The molecule has 4 aliphatic rings. The summed E-state index contributed by atoms with van der Waals surface area (Å²) in [5.74, 6) is -2.66. The lowest BCUT2D eigenvalue weighted by Crippen LogP contribution is -2.82. The fourth-order valence-corrected chi connectivity index (χ4v) is 7.88. The van der Waals surface area contributed by atoms with E-state index >= 15 is 0 Å². The number of carbonyl (C=O) groups is 2. The van der Waals surface area contributed by atoms with Crippen molar-refractivity contribution in [1.29, 1.82) is 0 Å². The van der Waals surface area contributed by atoms with Crippen molar-refractivity contribution in [1.82, 2.24) is 0 Å². The molecule has 3 fully saturated rings. The van der Waals surface area contributed by atoms with Crippen molar-refractivity contribution in [3.63, 3.8) is 0 Å². The molecule has 0 radical (unpaired) electrons. The Hall–Kier alpha value is -2.34. The Labute approximate surface area is 227 Å². The van der Waals surface area contributed by atoms with E-state index in [1.165, 1.54) is 6.92 Å². The van der Waals surface area contributed by atoms with Crippen LogP contribution in [0.4, 0.5) is 0 Å². The van der Waals surface area contributed by atoms with Crippen LogP contribution in [-0.2, 0) is 19.0 Å². The summed E-state index contributed by atoms with van der Waals surface area (Å²) in [5, 5.41) is 58.8. The summed E-state index contributed by atoms with van der Waals surface area (Å²) in [6.07, 6.45) is -8.38. The van der Waals surface area contributed by atoms with Crippen LogP contribution < -0.4 is 0 Å². The second-order valence-electron chi connectivity index (χ2n) is 12.4. The van der Waals surface area contributed by atoms with Gasteiger partial charge in [-0.25, -0.2) is 4.79 Å². The third kappa shape index (κ3) is 3.69. The van der Waals surface area contributed by atoms with Gasteiger partial charge in [0, 0.05) is 30.6 Å². The molecule has 10 nitrogen and oxygen atoms in total. The summed E-state index contributed by atoms with van der Waals surface area (Å²) in [5.41, 5.74) is -5.70. The summed E-state index contributed by atoms with van der Waals surface area (Å²) in [4.78, 5) is 26.0. The van der Waals surface area contributed by atoms with E-state index in [1.807, 2.05) is 0 Å². The average molecular weight is 547 g/mol. The van der Waals surface area contributed by atoms with Gasteiger partial charge in [0.05, 0.1) is 36.4 Å². The van der Waals surface area contributed by atoms with Gasteiger partial charge in [-0.3, -0.25) is 4.79 Å². The zero-order valence-electron chi connectivity index (χ0n) is 22.8. The smallest absolute Gasteiger partial charge is 0.338 e. The first kappa shape index (κ1) is 28.2. The van der Waals surface area contributed by atoms with Gasteiger partial charge in [0.1, 0.15) is 23.9 Å². The number of aliphatic hydroxyl groups excluding tert-OH is 4. The van der Waals surface area contributed by atoms with E-state index in [0.29, 0.717) is 5.57 Å². The number of aliphatic hydroxyl groups is 5. The number of fused-ring (bicyclic) bond motifs is 5. The number of carbonyl (C=O) groups excluding carboxylic acids is 2. The van der Waals surface area contributed by atoms with Crippen LogP contribution in [-0.4, -0.2) is 91.9 Å². The zero-order valence-corrected chi connectivity index (χ0v) is 22.8. The molecule has 1 aromatic carbocycles. The Kier molecular flexibility index (Phi) is 6.57. The van der Waals surface area contributed by atoms with Gasteiger partial charge in [0.2, 0.25) is 0 Å². The summed E-state index contributed by atoms with van der Waals surface area (Å²) in [6.45, 7) is 7.57. The maximum Gasteiger partial charge on any atom is 0.338 e. The van der Waals surface area contributed by atoms with Crippen LogP contribution in [0.1, 0.15) is 57.8 Å². The lowest BCUT2D eigenvalue weighted by Gasteiger charge is -2.69. The molecule has 0 spiro atoms. The summed E-state index contributed by atoms with van der Waals surface area (Å²) >= 11 is 0. The molecule has 0 aromatic heterocycles. The molecule has 3 aliphatic carbocycles. The predicted octanol–water partition coefficient (Wildman–Crippen LogP) is 0.874. The van der Waals surface area contributed by atoms with Crippen molar-refractivity contribution < 1.29 is 49.3 Å². The third-order valence-corrected chi connectivity index (χ3v) is 10.2. The first-order valence-electron chi connectivity index (χ1n) is 13.4. The molecule has 2 bridgehead atoms. The first-order chi connectivity index (χ1) is 18.1. The van der Waals surface area contributed by atoms with Gasteiger partial charge in [-0.15, -0.1) is 0 Å². The number of ether oxygens (including phenoxy) is 3. The molecule has 5 rings (SSSR count). The van der Waals surface area contributed by atoms with Crippen LogP contribution in [0.15, 0.2) is 41.5 Å². The molecule has 0 amide bonds. The SMILES string of the molecule is CC(=O)O[C@@]12CO[C@@H]1C[C@@H](O)[C@]1(C)[C@@H]2[C@H](OC(=O)c2ccccc2)[C@]2(O)C[C@H](O)C(C)=C([C@H](O)[C@@H]1O)C2(C)C. The highest BCUT2D eigenvalue weighted by Gasteiger charge is 2.77. The minimum Gasteiger partial charge on any atom is -0.455 e. The minimum absolute atomic E-state index is 0.0219. The predicted molar refractivity (Wildman–Crippen MR) is 136 cm³/mol. The van der Waals surface area contributed by atoms with E-state index in [4.69, 9.17) is 14.2 Å². The van der Waals surface area contributed by atoms with E-state index in [1.54, 1.807) is 58.0 Å². The van der Waals surface area contributed by atoms with Crippen LogP contribution >= 0.6 is 0 Å².